The van der Waals surface area contributed by atoms with E-state index in [1.807, 2.05) is 0 Å². The molecule has 1 atom stereocenters. The summed E-state index contributed by atoms with van der Waals surface area (Å²) in [4.78, 5) is 11.2. The molecule has 3 N–H and O–H groups in total. The fourth-order valence-corrected chi connectivity index (χ4v) is 0.969. The van der Waals surface area contributed by atoms with Gasteiger partial charge in [0.1, 0.15) is 0 Å². The summed E-state index contributed by atoms with van der Waals surface area (Å²) < 4.78 is 31.7. The summed E-state index contributed by atoms with van der Waals surface area (Å²) in [5.41, 5.74) is 5.58. The van der Waals surface area contributed by atoms with E-state index < -0.39 is 12.1 Å². The zero-order chi connectivity index (χ0) is 11.4. The highest BCUT2D eigenvalue weighted by molar-refractivity contribution is 5.73. The van der Waals surface area contributed by atoms with Gasteiger partial charge in [0.15, 0.2) is 0 Å². The lowest BCUT2D eigenvalue weighted by atomic mass is 10.3. The van der Waals surface area contributed by atoms with Gasteiger partial charge in [-0.1, -0.05) is 0 Å². The van der Waals surface area contributed by atoms with E-state index in [9.17, 15) is 13.2 Å². The topological polar surface area (TPSA) is 66.6 Å². The summed E-state index contributed by atoms with van der Waals surface area (Å²) in [6.45, 7) is 2.27. The zero-order valence-electron chi connectivity index (χ0n) is 7.71. The van der Waals surface area contributed by atoms with Crippen LogP contribution in [0, 0.1) is 0 Å². The molecule has 14 heavy (non-hydrogen) atoms. The molecule has 1 saturated heterocycles. The lowest BCUT2D eigenvalue weighted by Gasteiger charge is -2.03. The Morgan fingerprint density at radius 2 is 2.00 bits per heavy atom. The third-order valence-electron chi connectivity index (χ3n) is 1.67. The Labute approximate surface area is 79.5 Å². The van der Waals surface area contributed by atoms with Crippen LogP contribution in [0.1, 0.15) is 6.42 Å². The fraction of sp³-hybridized carbons (Fsp3) is 0.857. The Balaban J connectivity index is 0.000000241. The first-order valence-electron chi connectivity index (χ1n) is 3.97. The lowest BCUT2D eigenvalue weighted by Crippen LogP contribution is -2.23. The molecule has 1 aliphatic rings. The highest BCUT2D eigenvalue weighted by atomic mass is 19.4. The fourth-order valence-electron chi connectivity index (χ4n) is 0.969. The van der Waals surface area contributed by atoms with Gasteiger partial charge in [-0.05, 0) is 20.0 Å². The predicted octanol–water partition coefficient (Wildman–Crippen LogP) is 0.282. The minimum atomic E-state index is -5.08. The number of aliphatic carboxylic acids is 1. The van der Waals surface area contributed by atoms with Crippen LogP contribution in [0.25, 0.3) is 0 Å². The average Bonchev–Trinajstić information content (AvgIpc) is 2.33. The molecule has 4 nitrogen and oxygen atoms in total. The quantitative estimate of drug-likeness (QED) is 0.608. The van der Waals surface area contributed by atoms with Crippen molar-refractivity contribution >= 4 is 5.97 Å². The molecule has 0 amide bonds. The molecule has 1 rings (SSSR count). The molecule has 1 heterocycles. The number of carboxylic acid groups (broad SMARTS) is 1. The van der Waals surface area contributed by atoms with Crippen molar-refractivity contribution in [3.8, 4) is 0 Å². The molecule has 0 bridgehead atoms. The van der Waals surface area contributed by atoms with E-state index in [0.29, 0.717) is 6.04 Å². The molecule has 1 fully saturated rings. The summed E-state index contributed by atoms with van der Waals surface area (Å²) in [7, 11) is 2.10. The largest absolute Gasteiger partial charge is 0.490 e. The van der Waals surface area contributed by atoms with Crippen molar-refractivity contribution in [3.05, 3.63) is 0 Å². The number of likely N-dealkylation sites (tertiary alicyclic amines) is 1. The number of carbonyl (C=O) groups is 1. The van der Waals surface area contributed by atoms with Gasteiger partial charge >= 0.3 is 12.1 Å². The predicted molar refractivity (Wildman–Crippen MR) is 43.8 cm³/mol. The molecule has 84 valence electrons. The Kier molecular flexibility index (Phi) is 4.86. The first kappa shape index (κ1) is 13.2. The van der Waals surface area contributed by atoms with Crippen molar-refractivity contribution in [2.75, 3.05) is 20.1 Å². The van der Waals surface area contributed by atoms with Gasteiger partial charge < -0.3 is 15.7 Å². The number of rotatable bonds is 0. The monoisotopic (exact) mass is 214 g/mol. The molecule has 0 aromatic heterocycles. The van der Waals surface area contributed by atoms with Gasteiger partial charge in [0.2, 0.25) is 0 Å². The maximum atomic E-state index is 10.6. The molecule has 7 heteroatoms. The second kappa shape index (κ2) is 5.16. The van der Waals surface area contributed by atoms with Crippen LogP contribution >= 0.6 is 0 Å². The summed E-state index contributed by atoms with van der Waals surface area (Å²) in [5, 5.41) is 7.12. The molecular formula is C7H13F3N2O2. The number of nitrogens with zero attached hydrogens (tertiary/aromatic N) is 1. The number of hydrogen-bond donors (Lipinski definition) is 2. The normalized spacial score (nSPS) is 22.8. The maximum absolute atomic E-state index is 10.6. The number of likely N-dealkylation sites (N-methyl/N-ethyl adjacent to an activating group) is 1. The SMILES string of the molecule is CN1CCC(N)C1.O=C(O)C(F)(F)F. The van der Waals surface area contributed by atoms with Crippen molar-refractivity contribution in [1.29, 1.82) is 0 Å². The van der Waals surface area contributed by atoms with Crippen LogP contribution in [0.4, 0.5) is 13.2 Å². The van der Waals surface area contributed by atoms with Gasteiger partial charge in [-0.2, -0.15) is 13.2 Å². The first-order valence-corrected chi connectivity index (χ1v) is 3.97. The van der Waals surface area contributed by atoms with Gasteiger partial charge in [-0.3, -0.25) is 0 Å². The van der Waals surface area contributed by atoms with E-state index in [4.69, 9.17) is 15.6 Å². The molecule has 0 aromatic rings. The molecule has 0 radical (unpaired) electrons. The molecular weight excluding hydrogens is 201 g/mol. The van der Waals surface area contributed by atoms with E-state index >= 15 is 0 Å². The number of halogens is 3. The van der Waals surface area contributed by atoms with E-state index in [2.05, 4.69) is 11.9 Å². The third kappa shape index (κ3) is 5.76. The van der Waals surface area contributed by atoms with E-state index in [0.717, 1.165) is 6.54 Å². The van der Waals surface area contributed by atoms with E-state index in [-0.39, 0.29) is 0 Å². The number of hydrogen-bond acceptors (Lipinski definition) is 3. The standard InChI is InChI=1S/C5H12N2.C2HF3O2/c1-7-3-2-5(6)4-7;3-2(4,5)1(6)7/h5H,2-4,6H2,1H3;(H,6,7). The minimum Gasteiger partial charge on any atom is -0.475 e. The highest BCUT2D eigenvalue weighted by Gasteiger charge is 2.38. The van der Waals surface area contributed by atoms with E-state index in [1.165, 1.54) is 13.0 Å². The summed E-state index contributed by atoms with van der Waals surface area (Å²) >= 11 is 0. The Morgan fingerprint density at radius 3 is 2.07 bits per heavy atom. The number of alkyl halides is 3. The van der Waals surface area contributed by atoms with Crippen LogP contribution < -0.4 is 5.73 Å². The second-order valence-corrected chi connectivity index (χ2v) is 3.11. The van der Waals surface area contributed by atoms with Crippen LogP contribution in [0.2, 0.25) is 0 Å². The lowest BCUT2D eigenvalue weighted by molar-refractivity contribution is -0.192. The van der Waals surface area contributed by atoms with Crippen LogP contribution in [0.5, 0.6) is 0 Å². The molecule has 1 unspecified atom stereocenters. The smallest absolute Gasteiger partial charge is 0.475 e. The van der Waals surface area contributed by atoms with Crippen LogP contribution in [0.15, 0.2) is 0 Å². The Morgan fingerprint density at radius 1 is 1.57 bits per heavy atom. The van der Waals surface area contributed by atoms with Crippen molar-refractivity contribution < 1.29 is 23.1 Å². The minimum absolute atomic E-state index is 0.449. The van der Waals surface area contributed by atoms with Gasteiger partial charge in [-0.25, -0.2) is 4.79 Å². The van der Waals surface area contributed by atoms with Gasteiger partial charge in [0.25, 0.3) is 0 Å². The third-order valence-corrected chi connectivity index (χ3v) is 1.67. The number of nitrogens with two attached hydrogens (primary N) is 1. The van der Waals surface area contributed by atoms with Crippen molar-refractivity contribution in [2.24, 2.45) is 5.73 Å². The Bertz CT molecular complexity index is 188. The van der Waals surface area contributed by atoms with Crippen molar-refractivity contribution in [1.82, 2.24) is 4.90 Å². The average molecular weight is 214 g/mol. The van der Waals surface area contributed by atoms with Crippen LogP contribution in [-0.2, 0) is 4.79 Å². The molecule has 0 saturated carbocycles. The maximum Gasteiger partial charge on any atom is 0.490 e. The molecule has 0 spiro atoms. The van der Waals surface area contributed by atoms with Crippen LogP contribution in [-0.4, -0.2) is 48.3 Å². The summed E-state index contributed by atoms with van der Waals surface area (Å²) in [6.07, 6.45) is -3.91. The zero-order valence-corrected chi connectivity index (χ0v) is 7.71. The highest BCUT2D eigenvalue weighted by Crippen LogP contribution is 2.13. The van der Waals surface area contributed by atoms with Crippen molar-refractivity contribution in [2.45, 2.75) is 18.6 Å². The van der Waals surface area contributed by atoms with Gasteiger partial charge in [0, 0.05) is 12.6 Å². The molecule has 0 aromatic carbocycles. The number of carboxylic acids is 1. The van der Waals surface area contributed by atoms with E-state index in [1.54, 1.807) is 0 Å². The van der Waals surface area contributed by atoms with Crippen LogP contribution in [0.3, 0.4) is 0 Å². The summed E-state index contributed by atoms with van der Waals surface area (Å²) in [6, 6.07) is 0.449. The summed E-state index contributed by atoms with van der Waals surface area (Å²) in [5.74, 6) is -2.76. The van der Waals surface area contributed by atoms with Gasteiger partial charge in [0.05, 0.1) is 0 Å². The molecule has 0 aliphatic carbocycles. The van der Waals surface area contributed by atoms with Crippen molar-refractivity contribution in [3.63, 3.8) is 0 Å². The molecule has 1 aliphatic heterocycles. The van der Waals surface area contributed by atoms with Gasteiger partial charge in [-0.15, -0.1) is 0 Å². The first-order chi connectivity index (χ1) is 6.23. The second-order valence-electron chi connectivity index (χ2n) is 3.11. The Hall–Kier alpha value is -0.820.